The minimum Gasteiger partial charge on any atom is -0.424 e. The summed E-state index contributed by atoms with van der Waals surface area (Å²) < 4.78 is 4.64. The maximum absolute atomic E-state index is 8.73. The Morgan fingerprint density at radius 3 is 1.43 bits per heavy atom. The van der Waals surface area contributed by atoms with Crippen LogP contribution in [0.1, 0.15) is 104 Å². The Morgan fingerprint density at radius 1 is 0.733 bits per heavy atom. The number of para-hydroxylation sites is 1. The maximum atomic E-state index is 8.73. The van der Waals surface area contributed by atoms with Gasteiger partial charge >= 0.3 is 26.2 Å². The zero-order valence-electron chi connectivity index (χ0n) is 19.6. The van der Waals surface area contributed by atoms with E-state index in [1.165, 1.54) is 77.0 Å². The molecule has 2 N–H and O–H groups in total. The van der Waals surface area contributed by atoms with Crippen molar-refractivity contribution in [1.82, 2.24) is 0 Å². The molecule has 0 fully saturated rings. The Hall–Kier alpha value is 0.213. The summed E-state index contributed by atoms with van der Waals surface area (Å²) in [5, 5.41) is 0. The van der Waals surface area contributed by atoms with Crippen molar-refractivity contribution in [3.05, 3.63) is 44.2 Å². The minimum atomic E-state index is -3.55. The van der Waals surface area contributed by atoms with Gasteiger partial charge < -0.3 is 28.2 Å². The molecule has 1 rings (SSSR count). The van der Waals surface area contributed by atoms with E-state index in [4.69, 9.17) is 9.79 Å². The number of benzene rings is 1. The molecule has 0 radical (unpaired) electrons. The Bertz CT molecular complexity index is 443. The quantitative estimate of drug-likeness (QED) is 0.114. The molecule has 1 aromatic carbocycles. The fraction of sp³-hybridized carbons (Fsp3) is 0.667. The molecule has 0 unspecified atom stereocenters. The van der Waals surface area contributed by atoms with E-state index in [-0.39, 0.29) is 19.5 Å². The predicted molar refractivity (Wildman–Crippen MR) is 132 cm³/mol. The molecule has 0 spiro atoms. The van der Waals surface area contributed by atoms with Crippen molar-refractivity contribution in [3.8, 4) is 5.75 Å². The molecule has 30 heavy (non-hydrogen) atoms. The third-order valence-electron chi connectivity index (χ3n) is 4.17. The summed E-state index contributed by atoms with van der Waals surface area (Å²) in [4.78, 5) is 17.5. The second kappa shape index (κ2) is 27.2. The zero-order valence-corrected chi connectivity index (χ0v) is 24.2. The summed E-state index contributed by atoms with van der Waals surface area (Å²) in [6.45, 7) is 8.56. The van der Waals surface area contributed by atoms with Crippen LogP contribution >= 0.6 is 6.72 Å². The molecule has 1 aromatic rings. The second-order valence-electron chi connectivity index (χ2n) is 7.14. The van der Waals surface area contributed by atoms with Crippen LogP contribution in [-0.2, 0) is 31.3 Å². The minimum absolute atomic E-state index is 0. The average molecular weight is 510 g/mol. The fourth-order valence-electron chi connectivity index (χ4n) is 2.53. The van der Waals surface area contributed by atoms with Crippen LogP contribution in [0.25, 0.3) is 0 Å². The van der Waals surface area contributed by atoms with Gasteiger partial charge in [-0.1, -0.05) is 109 Å². The van der Waals surface area contributed by atoms with E-state index in [1.54, 1.807) is 30.3 Å². The van der Waals surface area contributed by atoms with E-state index < -0.39 is 6.72 Å². The van der Waals surface area contributed by atoms with Crippen LogP contribution in [0.5, 0.6) is 5.75 Å². The monoisotopic (exact) mass is 508 g/mol. The molecule has 0 amide bonds. The molecular formula is C24H45O3PSZn. The maximum Gasteiger partial charge on any atom is 2.00 e. The van der Waals surface area contributed by atoms with Gasteiger partial charge in [0.25, 0.3) is 0 Å². The SMILES string of the molecule is OP(O)(=S)Oc1ccccc1.[CH2-]CCCCCCCC.[CH2-]CCCCCCCC.[Zn+2]. The average Bonchev–Trinajstić information content (AvgIpc) is 2.68. The fourth-order valence-corrected chi connectivity index (χ4v) is 3.19. The Morgan fingerprint density at radius 2 is 1.10 bits per heavy atom. The summed E-state index contributed by atoms with van der Waals surface area (Å²) in [6.07, 6.45) is 18.9. The summed E-state index contributed by atoms with van der Waals surface area (Å²) >= 11 is 4.27. The van der Waals surface area contributed by atoms with Crippen molar-refractivity contribution in [2.24, 2.45) is 0 Å². The number of hydrogen-bond acceptors (Lipinski definition) is 2. The first kappa shape index (κ1) is 34.8. The van der Waals surface area contributed by atoms with Gasteiger partial charge in [0.05, 0.1) is 0 Å². The van der Waals surface area contributed by atoms with E-state index in [1.807, 2.05) is 0 Å². The Labute approximate surface area is 205 Å². The molecule has 0 bridgehead atoms. The molecule has 0 aliphatic rings. The number of unbranched alkanes of at least 4 members (excludes halogenated alkanes) is 12. The van der Waals surface area contributed by atoms with Crippen LogP contribution in [0.2, 0.25) is 0 Å². The van der Waals surface area contributed by atoms with E-state index in [0.717, 1.165) is 12.8 Å². The van der Waals surface area contributed by atoms with E-state index in [9.17, 15) is 0 Å². The molecule has 0 saturated heterocycles. The van der Waals surface area contributed by atoms with Gasteiger partial charge in [-0.2, -0.15) is 12.8 Å². The van der Waals surface area contributed by atoms with Crippen LogP contribution < -0.4 is 4.52 Å². The van der Waals surface area contributed by atoms with Gasteiger partial charge in [-0.05, 0) is 12.1 Å². The van der Waals surface area contributed by atoms with Crippen molar-refractivity contribution >= 4 is 18.5 Å². The second-order valence-corrected chi connectivity index (χ2v) is 9.73. The Balaban J connectivity index is -0.000000362. The standard InChI is InChI=1S/2C9H19.C6H7O3PS.Zn/c2*1-3-5-7-9-8-6-4-2;7-10(8,11)9-6-4-2-1-3-5-6;/h2*1,3-9H2,2H3;1-5H,(H2,7,8,11);/q2*-1;;+2. The molecule has 0 atom stereocenters. The van der Waals surface area contributed by atoms with Crippen molar-refractivity contribution < 1.29 is 33.8 Å². The van der Waals surface area contributed by atoms with Gasteiger partial charge in [0, 0.05) is 11.8 Å². The summed E-state index contributed by atoms with van der Waals surface area (Å²) in [5.74, 6) is 0.376. The molecule has 0 heterocycles. The molecule has 172 valence electrons. The number of hydrogen-bond donors (Lipinski definition) is 2. The van der Waals surface area contributed by atoms with Gasteiger partial charge in [0.1, 0.15) is 5.75 Å². The summed E-state index contributed by atoms with van der Waals surface area (Å²) in [7, 11) is 0. The molecule has 0 aliphatic heterocycles. The third-order valence-corrected chi connectivity index (χ3v) is 4.85. The molecular weight excluding hydrogens is 465 g/mol. The van der Waals surface area contributed by atoms with E-state index in [2.05, 4.69) is 44.0 Å². The van der Waals surface area contributed by atoms with Gasteiger partial charge in [0.15, 0.2) is 0 Å². The topological polar surface area (TPSA) is 49.7 Å². The molecule has 0 aliphatic carbocycles. The normalized spacial score (nSPS) is 10.1. The first-order chi connectivity index (χ1) is 13.9. The van der Waals surface area contributed by atoms with Crippen molar-refractivity contribution in [2.45, 2.75) is 104 Å². The van der Waals surface area contributed by atoms with Gasteiger partial charge in [-0.15, -0.1) is 0 Å². The van der Waals surface area contributed by atoms with Crippen LogP contribution in [-0.4, -0.2) is 9.79 Å². The first-order valence-corrected chi connectivity index (χ1v) is 13.9. The smallest absolute Gasteiger partial charge is 0.424 e. The van der Waals surface area contributed by atoms with Crippen molar-refractivity contribution in [1.29, 1.82) is 0 Å². The van der Waals surface area contributed by atoms with Crippen molar-refractivity contribution in [2.75, 3.05) is 0 Å². The van der Waals surface area contributed by atoms with Crippen LogP contribution in [0, 0.1) is 13.8 Å². The third kappa shape index (κ3) is 32.9. The van der Waals surface area contributed by atoms with E-state index >= 15 is 0 Å². The first-order valence-electron chi connectivity index (χ1n) is 11.3. The number of rotatable bonds is 14. The zero-order chi connectivity index (χ0) is 22.2. The Kier molecular flexibility index (Phi) is 31.6. The van der Waals surface area contributed by atoms with Crippen LogP contribution in [0.3, 0.4) is 0 Å². The van der Waals surface area contributed by atoms with Crippen LogP contribution in [0.4, 0.5) is 0 Å². The largest absolute Gasteiger partial charge is 2.00 e. The van der Waals surface area contributed by atoms with Crippen molar-refractivity contribution in [3.63, 3.8) is 0 Å². The van der Waals surface area contributed by atoms with Gasteiger partial charge in [0.2, 0.25) is 0 Å². The molecule has 3 nitrogen and oxygen atoms in total. The van der Waals surface area contributed by atoms with Crippen LogP contribution in [0.15, 0.2) is 30.3 Å². The molecule has 6 heteroatoms. The predicted octanol–water partition coefficient (Wildman–Crippen LogP) is 8.41. The molecule has 0 aromatic heterocycles. The van der Waals surface area contributed by atoms with Gasteiger partial charge in [-0.25, -0.2) is 0 Å². The van der Waals surface area contributed by atoms with E-state index in [0.29, 0.717) is 5.75 Å². The molecule has 0 saturated carbocycles. The summed E-state index contributed by atoms with van der Waals surface area (Å²) in [6, 6.07) is 8.45. The van der Waals surface area contributed by atoms with Gasteiger partial charge in [-0.3, -0.25) is 0 Å². The summed E-state index contributed by atoms with van der Waals surface area (Å²) in [5.41, 5.74) is 0.